The Labute approximate surface area is 200 Å². The van der Waals surface area contributed by atoms with E-state index < -0.39 is 40.1 Å². The summed E-state index contributed by atoms with van der Waals surface area (Å²) >= 11 is 0. The normalized spacial score (nSPS) is 16.5. The predicted molar refractivity (Wildman–Crippen MR) is 117 cm³/mol. The molecule has 1 aliphatic rings. The Balaban J connectivity index is 1.62. The van der Waals surface area contributed by atoms with Gasteiger partial charge in [-0.1, -0.05) is 0 Å². The number of hydrogen-bond donors (Lipinski definition) is 0. The molecule has 0 saturated carbocycles. The van der Waals surface area contributed by atoms with Gasteiger partial charge >= 0.3 is 6.18 Å². The van der Waals surface area contributed by atoms with Crippen LogP contribution in [0.25, 0.3) is 27.9 Å². The summed E-state index contributed by atoms with van der Waals surface area (Å²) in [5.74, 6) is -2.81. The van der Waals surface area contributed by atoms with Crippen molar-refractivity contribution in [2.45, 2.75) is 19.1 Å². The lowest BCUT2D eigenvalue weighted by molar-refractivity contribution is -0.141. The van der Waals surface area contributed by atoms with E-state index in [0.717, 1.165) is 29.1 Å². The van der Waals surface area contributed by atoms with Gasteiger partial charge in [0.25, 0.3) is 5.91 Å². The van der Waals surface area contributed by atoms with Crippen LogP contribution in [0, 0.1) is 11.6 Å². The lowest BCUT2D eigenvalue weighted by Crippen LogP contribution is -2.34. The van der Waals surface area contributed by atoms with Crippen LogP contribution in [0.1, 0.15) is 16.9 Å². The number of imidazole rings is 1. The molecular formula is C21H17F5N6O3S. The SMILES string of the molecule is O=C(c1cc2c(cn1)c(-c1cnc3c(F)cc(F)cn13)nn2CC(F)(F)F)N1CCCS(=O)(=O)CC1. The first-order valence-corrected chi connectivity index (χ1v) is 12.5. The number of nitrogens with zero attached hydrogens (tertiary/aromatic N) is 6. The first-order chi connectivity index (χ1) is 16.9. The van der Waals surface area contributed by atoms with Crippen LogP contribution in [0.5, 0.6) is 0 Å². The molecule has 0 aliphatic carbocycles. The lowest BCUT2D eigenvalue weighted by atomic mass is 10.2. The minimum atomic E-state index is -4.67. The standard InChI is InChI=1S/C21H17F5N6O3S/c22-12-6-14(23)19-28-9-17(31(19)10-12)18-13-8-27-15(7-16(13)32(29-18)11-21(24,25)26)20(33)30-2-1-4-36(34,35)5-3-30/h6-10H,1-5,11H2. The van der Waals surface area contributed by atoms with Gasteiger partial charge in [0.05, 0.1) is 28.9 Å². The Hall–Kier alpha value is -3.62. The average molecular weight is 528 g/mol. The molecule has 0 unspecified atom stereocenters. The number of sulfone groups is 1. The van der Waals surface area contributed by atoms with E-state index in [1.807, 2.05) is 0 Å². The molecule has 15 heteroatoms. The van der Waals surface area contributed by atoms with E-state index in [9.17, 15) is 35.2 Å². The van der Waals surface area contributed by atoms with Crippen LogP contribution in [0.3, 0.4) is 0 Å². The van der Waals surface area contributed by atoms with E-state index in [-0.39, 0.29) is 64.6 Å². The third-order valence-electron chi connectivity index (χ3n) is 5.80. The second kappa shape index (κ2) is 8.50. The molecule has 1 amide bonds. The van der Waals surface area contributed by atoms with Crippen molar-refractivity contribution in [3.63, 3.8) is 0 Å². The molecule has 0 spiro atoms. The van der Waals surface area contributed by atoms with Crippen molar-refractivity contribution in [3.8, 4) is 11.4 Å². The quantitative estimate of drug-likeness (QED) is 0.379. The molecule has 1 saturated heterocycles. The summed E-state index contributed by atoms with van der Waals surface area (Å²) in [5, 5.41) is 4.12. The third kappa shape index (κ3) is 4.50. The first-order valence-electron chi connectivity index (χ1n) is 10.7. The fourth-order valence-electron chi connectivity index (χ4n) is 4.16. The van der Waals surface area contributed by atoms with E-state index in [4.69, 9.17) is 0 Å². The molecule has 5 rings (SSSR count). The number of halogens is 5. The Morgan fingerprint density at radius 2 is 1.83 bits per heavy atom. The largest absolute Gasteiger partial charge is 0.408 e. The van der Waals surface area contributed by atoms with Crippen molar-refractivity contribution < 1.29 is 35.2 Å². The summed E-state index contributed by atoms with van der Waals surface area (Å²) in [4.78, 5) is 22.3. The summed E-state index contributed by atoms with van der Waals surface area (Å²) in [7, 11) is -3.29. The summed E-state index contributed by atoms with van der Waals surface area (Å²) in [6.45, 7) is -1.40. The van der Waals surface area contributed by atoms with Crippen LogP contribution in [-0.4, -0.2) is 74.1 Å². The number of pyridine rings is 2. The predicted octanol–water partition coefficient (Wildman–Crippen LogP) is 2.85. The van der Waals surface area contributed by atoms with Crippen LogP contribution >= 0.6 is 0 Å². The highest BCUT2D eigenvalue weighted by Crippen LogP contribution is 2.31. The first kappa shape index (κ1) is 24.1. The van der Waals surface area contributed by atoms with Crippen molar-refractivity contribution in [2.75, 3.05) is 24.6 Å². The third-order valence-corrected chi connectivity index (χ3v) is 7.51. The van der Waals surface area contributed by atoms with Gasteiger partial charge in [0.15, 0.2) is 21.3 Å². The molecule has 5 heterocycles. The van der Waals surface area contributed by atoms with E-state index >= 15 is 0 Å². The number of fused-ring (bicyclic) bond motifs is 2. The number of carbonyl (C=O) groups is 1. The number of amides is 1. The van der Waals surface area contributed by atoms with Gasteiger partial charge in [0, 0.05) is 36.9 Å². The van der Waals surface area contributed by atoms with Gasteiger partial charge in [-0.05, 0) is 12.5 Å². The summed E-state index contributed by atoms with van der Waals surface area (Å²) in [6.07, 6.45) is -1.21. The maximum Gasteiger partial charge on any atom is 0.408 e. The Kier molecular flexibility index (Phi) is 5.69. The summed E-state index contributed by atoms with van der Waals surface area (Å²) in [6, 6.07) is 1.77. The number of aromatic nitrogens is 5. The van der Waals surface area contributed by atoms with Crippen molar-refractivity contribution in [3.05, 3.63) is 48.1 Å². The van der Waals surface area contributed by atoms with E-state index in [1.165, 1.54) is 4.90 Å². The number of hydrogen-bond acceptors (Lipinski definition) is 6. The molecule has 4 aromatic rings. The molecular weight excluding hydrogens is 511 g/mol. The lowest BCUT2D eigenvalue weighted by Gasteiger charge is -2.19. The zero-order chi connectivity index (χ0) is 25.8. The van der Waals surface area contributed by atoms with E-state index in [0.29, 0.717) is 10.7 Å². The molecule has 1 aliphatic heterocycles. The van der Waals surface area contributed by atoms with Crippen LogP contribution in [0.2, 0.25) is 0 Å². The number of rotatable bonds is 3. The van der Waals surface area contributed by atoms with Gasteiger partial charge < -0.3 is 4.90 Å². The number of alkyl halides is 3. The molecule has 0 N–H and O–H groups in total. The second-order valence-corrected chi connectivity index (χ2v) is 10.7. The van der Waals surface area contributed by atoms with Crippen molar-refractivity contribution in [2.24, 2.45) is 0 Å². The zero-order valence-corrected chi connectivity index (χ0v) is 19.2. The fraction of sp³-hybridized carbons (Fsp3) is 0.333. The van der Waals surface area contributed by atoms with Crippen LogP contribution in [0.4, 0.5) is 22.0 Å². The molecule has 190 valence electrons. The molecule has 0 atom stereocenters. The minimum absolute atomic E-state index is 0.0212. The molecule has 0 aromatic carbocycles. The number of carbonyl (C=O) groups excluding carboxylic acids is 1. The van der Waals surface area contributed by atoms with Crippen LogP contribution in [0.15, 0.2) is 30.7 Å². The smallest absolute Gasteiger partial charge is 0.336 e. The van der Waals surface area contributed by atoms with Gasteiger partial charge in [-0.25, -0.2) is 22.2 Å². The monoisotopic (exact) mass is 528 g/mol. The van der Waals surface area contributed by atoms with E-state index in [2.05, 4.69) is 15.1 Å². The van der Waals surface area contributed by atoms with Gasteiger partial charge in [0.2, 0.25) is 0 Å². The van der Waals surface area contributed by atoms with Crippen LogP contribution in [-0.2, 0) is 16.4 Å². The molecule has 4 aromatic heterocycles. The van der Waals surface area contributed by atoms with Crippen molar-refractivity contribution >= 4 is 32.3 Å². The van der Waals surface area contributed by atoms with E-state index in [1.54, 1.807) is 0 Å². The highest BCUT2D eigenvalue weighted by atomic mass is 32.2. The molecule has 9 nitrogen and oxygen atoms in total. The van der Waals surface area contributed by atoms with Gasteiger partial charge in [-0.2, -0.15) is 18.3 Å². The maximum absolute atomic E-state index is 14.1. The topological polar surface area (TPSA) is 102 Å². The van der Waals surface area contributed by atoms with Crippen molar-refractivity contribution in [1.82, 2.24) is 29.0 Å². The van der Waals surface area contributed by atoms with Gasteiger partial charge in [0.1, 0.15) is 23.7 Å². The Morgan fingerprint density at radius 3 is 2.58 bits per heavy atom. The summed E-state index contributed by atoms with van der Waals surface area (Å²) in [5.41, 5.74) is -0.574. The Bertz CT molecular complexity index is 1610. The second-order valence-electron chi connectivity index (χ2n) is 8.35. The van der Waals surface area contributed by atoms with Gasteiger partial charge in [-0.3, -0.25) is 18.9 Å². The van der Waals surface area contributed by atoms with Crippen molar-refractivity contribution in [1.29, 1.82) is 0 Å². The maximum atomic E-state index is 14.1. The highest BCUT2D eigenvalue weighted by molar-refractivity contribution is 7.91. The average Bonchev–Trinajstić information content (AvgIpc) is 3.29. The van der Waals surface area contributed by atoms with Gasteiger partial charge in [-0.15, -0.1) is 0 Å². The minimum Gasteiger partial charge on any atom is -0.336 e. The fourth-order valence-corrected chi connectivity index (χ4v) is 5.43. The molecule has 0 radical (unpaired) electrons. The molecule has 36 heavy (non-hydrogen) atoms. The Morgan fingerprint density at radius 1 is 1.06 bits per heavy atom. The van der Waals surface area contributed by atoms with Crippen LogP contribution < -0.4 is 0 Å². The summed E-state index contributed by atoms with van der Waals surface area (Å²) < 4.78 is 93.3. The highest BCUT2D eigenvalue weighted by Gasteiger charge is 2.31. The molecule has 1 fully saturated rings. The zero-order valence-electron chi connectivity index (χ0n) is 18.3. The molecule has 0 bridgehead atoms.